The van der Waals surface area contributed by atoms with Gasteiger partial charge < -0.3 is 4.90 Å². The molecule has 190 valence electrons. The summed E-state index contributed by atoms with van der Waals surface area (Å²) in [6, 6.07) is 13.1. The molecule has 6 heteroatoms. The quantitative estimate of drug-likeness (QED) is 0.207. The number of anilines is 1. The van der Waals surface area contributed by atoms with Crippen LogP contribution < -0.4 is 4.90 Å². The molecule has 0 fully saturated rings. The second-order valence-electron chi connectivity index (χ2n) is 8.60. The lowest BCUT2D eigenvalue weighted by molar-refractivity contribution is 0.482. The third-order valence-electron chi connectivity index (χ3n) is 5.46. The zero-order valence-electron chi connectivity index (χ0n) is 21.3. The Kier molecular flexibility index (Phi) is 16.0. The molecule has 0 amide bonds. The molecule has 0 saturated carbocycles. The van der Waals surface area contributed by atoms with Crippen molar-refractivity contribution in [3.8, 4) is 0 Å². The van der Waals surface area contributed by atoms with Crippen LogP contribution in [0.3, 0.4) is 0 Å². The predicted octanol–water partition coefficient (Wildman–Crippen LogP) is 7.50. The van der Waals surface area contributed by atoms with Gasteiger partial charge in [-0.2, -0.15) is 8.42 Å². The summed E-state index contributed by atoms with van der Waals surface area (Å²) >= 11 is 0. The second-order valence-corrected chi connectivity index (χ2v) is 10.2. The van der Waals surface area contributed by atoms with Crippen molar-refractivity contribution < 1.29 is 13.0 Å². The molecule has 0 spiro atoms. The molecule has 0 bridgehead atoms. The molecule has 0 aliphatic heterocycles. The lowest BCUT2D eigenvalue weighted by atomic mass is 10.1. The summed E-state index contributed by atoms with van der Waals surface area (Å²) in [5.41, 5.74) is 3.79. The lowest BCUT2D eigenvalue weighted by Crippen LogP contribution is -2.25. The first-order valence-electron chi connectivity index (χ1n) is 12.8. The highest BCUT2D eigenvalue weighted by molar-refractivity contribution is 7.85. The Labute approximate surface area is 208 Å². The first-order chi connectivity index (χ1) is 16.4. The van der Waals surface area contributed by atoms with Crippen LogP contribution >= 0.6 is 0 Å². The van der Waals surface area contributed by atoms with Gasteiger partial charge in [0.25, 0.3) is 10.1 Å². The van der Waals surface area contributed by atoms with Crippen LogP contribution in [0.2, 0.25) is 0 Å². The standard InChI is InChI=1S/C25H36N2.C3H8O3S/c1-3-5-7-9-21-27(22-10-8-6-4-2)25-15-13-23(14-16-25)11-12-24-17-19-26-20-18-24;1-2-3-7(4,5)6/h11-20H,3-10,21-22H2,1-2H3;2-3H2,1H3,(H,4,5,6)/b12-11+;. The van der Waals surface area contributed by atoms with E-state index in [9.17, 15) is 8.42 Å². The van der Waals surface area contributed by atoms with E-state index >= 15 is 0 Å². The van der Waals surface area contributed by atoms with Crippen molar-refractivity contribution in [2.75, 3.05) is 23.7 Å². The largest absolute Gasteiger partial charge is 0.372 e. The van der Waals surface area contributed by atoms with E-state index < -0.39 is 10.1 Å². The van der Waals surface area contributed by atoms with Gasteiger partial charge in [0, 0.05) is 31.2 Å². The van der Waals surface area contributed by atoms with Crippen molar-refractivity contribution in [2.45, 2.75) is 78.6 Å². The van der Waals surface area contributed by atoms with E-state index in [0.717, 1.165) is 0 Å². The molecule has 0 unspecified atom stereocenters. The molecule has 0 aliphatic rings. The van der Waals surface area contributed by atoms with E-state index in [1.54, 1.807) is 6.92 Å². The average molecular weight is 489 g/mol. The van der Waals surface area contributed by atoms with Gasteiger partial charge in [-0.05, 0) is 54.7 Å². The summed E-state index contributed by atoms with van der Waals surface area (Å²) in [6.07, 6.45) is 19.0. The Hall–Kier alpha value is -2.18. The van der Waals surface area contributed by atoms with Crippen molar-refractivity contribution in [1.82, 2.24) is 4.98 Å². The number of hydrogen-bond donors (Lipinski definition) is 1. The molecule has 1 aromatic carbocycles. The fourth-order valence-electron chi connectivity index (χ4n) is 3.55. The van der Waals surface area contributed by atoms with Crippen molar-refractivity contribution in [3.05, 3.63) is 59.9 Å². The summed E-state index contributed by atoms with van der Waals surface area (Å²) in [5.74, 6) is -0.132. The zero-order chi connectivity index (χ0) is 25.1. The minimum atomic E-state index is -3.67. The third kappa shape index (κ3) is 14.9. The average Bonchev–Trinajstić information content (AvgIpc) is 2.82. The topological polar surface area (TPSA) is 70.5 Å². The van der Waals surface area contributed by atoms with Crippen molar-refractivity contribution >= 4 is 28.0 Å². The van der Waals surface area contributed by atoms with Gasteiger partial charge in [-0.1, -0.05) is 83.6 Å². The Morgan fingerprint density at radius 3 is 1.65 bits per heavy atom. The number of unbranched alkanes of at least 4 members (excludes halogenated alkanes) is 6. The molecular formula is C28H44N2O3S. The fraction of sp³-hybridized carbons (Fsp3) is 0.536. The van der Waals surface area contributed by atoms with E-state index in [1.807, 2.05) is 24.5 Å². The van der Waals surface area contributed by atoms with Gasteiger partial charge in [-0.25, -0.2) is 0 Å². The van der Waals surface area contributed by atoms with E-state index in [-0.39, 0.29) is 5.75 Å². The second kappa shape index (κ2) is 18.2. The lowest BCUT2D eigenvalue weighted by Gasteiger charge is -2.25. The first-order valence-corrected chi connectivity index (χ1v) is 14.4. The van der Waals surface area contributed by atoms with Gasteiger partial charge in [0.15, 0.2) is 0 Å². The highest BCUT2D eigenvalue weighted by atomic mass is 32.2. The number of pyridine rings is 1. The number of rotatable bonds is 15. The minimum Gasteiger partial charge on any atom is -0.372 e. The van der Waals surface area contributed by atoms with Gasteiger partial charge in [-0.3, -0.25) is 9.54 Å². The molecule has 2 aromatic rings. The van der Waals surface area contributed by atoms with Crippen LogP contribution in [0.5, 0.6) is 0 Å². The fourth-order valence-corrected chi connectivity index (χ4v) is 4.07. The Morgan fingerprint density at radius 1 is 0.735 bits per heavy atom. The maximum Gasteiger partial charge on any atom is 0.264 e. The summed E-state index contributed by atoms with van der Waals surface area (Å²) in [4.78, 5) is 6.65. The third-order valence-corrected chi connectivity index (χ3v) is 6.38. The normalized spacial score (nSPS) is 11.3. The first kappa shape index (κ1) is 29.9. The minimum absolute atomic E-state index is 0.132. The molecule has 34 heavy (non-hydrogen) atoms. The highest BCUT2D eigenvalue weighted by Crippen LogP contribution is 2.19. The van der Waals surface area contributed by atoms with Crippen LogP contribution in [0.25, 0.3) is 12.2 Å². The molecule has 0 atom stereocenters. The molecule has 1 heterocycles. The van der Waals surface area contributed by atoms with Crippen LogP contribution in [0.1, 0.15) is 89.7 Å². The van der Waals surface area contributed by atoms with Crippen molar-refractivity contribution in [3.63, 3.8) is 0 Å². The Balaban J connectivity index is 0.000000718. The van der Waals surface area contributed by atoms with Crippen LogP contribution in [0.4, 0.5) is 5.69 Å². The number of nitrogens with zero attached hydrogens (tertiary/aromatic N) is 2. The molecule has 0 radical (unpaired) electrons. The van der Waals surface area contributed by atoms with Crippen LogP contribution in [-0.2, 0) is 10.1 Å². The molecule has 0 aliphatic carbocycles. The van der Waals surface area contributed by atoms with Crippen LogP contribution in [0.15, 0.2) is 48.8 Å². The van der Waals surface area contributed by atoms with E-state index in [1.165, 1.54) is 81.3 Å². The van der Waals surface area contributed by atoms with Gasteiger partial charge in [-0.15, -0.1) is 0 Å². The van der Waals surface area contributed by atoms with E-state index in [2.05, 4.69) is 60.1 Å². The molecule has 1 aromatic heterocycles. The van der Waals surface area contributed by atoms with Crippen LogP contribution in [0, 0.1) is 0 Å². The number of hydrogen-bond acceptors (Lipinski definition) is 4. The summed E-state index contributed by atoms with van der Waals surface area (Å²) in [5, 5.41) is 0. The highest BCUT2D eigenvalue weighted by Gasteiger charge is 2.06. The number of aromatic nitrogens is 1. The summed E-state index contributed by atoms with van der Waals surface area (Å²) in [6.45, 7) is 8.60. The molecule has 0 saturated heterocycles. The zero-order valence-corrected chi connectivity index (χ0v) is 22.1. The van der Waals surface area contributed by atoms with Gasteiger partial charge >= 0.3 is 0 Å². The van der Waals surface area contributed by atoms with E-state index in [4.69, 9.17) is 4.55 Å². The molecule has 5 nitrogen and oxygen atoms in total. The van der Waals surface area contributed by atoms with E-state index in [0.29, 0.717) is 6.42 Å². The summed E-state index contributed by atoms with van der Waals surface area (Å²) in [7, 11) is -3.67. The van der Waals surface area contributed by atoms with Gasteiger partial charge in [0.2, 0.25) is 0 Å². The molecule has 2 rings (SSSR count). The van der Waals surface area contributed by atoms with Crippen LogP contribution in [-0.4, -0.2) is 36.8 Å². The monoisotopic (exact) mass is 488 g/mol. The van der Waals surface area contributed by atoms with Gasteiger partial charge in [0.05, 0.1) is 5.75 Å². The molecular weight excluding hydrogens is 444 g/mol. The Bertz CT molecular complexity index is 870. The summed E-state index contributed by atoms with van der Waals surface area (Å²) < 4.78 is 27.6. The van der Waals surface area contributed by atoms with Crippen molar-refractivity contribution in [2.24, 2.45) is 0 Å². The predicted molar refractivity (Wildman–Crippen MR) is 147 cm³/mol. The maximum absolute atomic E-state index is 9.79. The maximum atomic E-state index is 9.79. The van der Waals surface area contributed by atoms with Gasteiger partial charge in [0.1, 0.15) is 0 Å². The Morgan fingerprint density at radius 2 is 1.24 bits per heavy atom. The number of benzene rings is 1. The molecule has 1 N–H and O–H groups in total. The van der Waals surface area contributed by atoms with Crippen molar-refractivity contribution in [1.29, 1.82) is 0 Å². The SMILES string of the molecule is CCCCCCN(CCCCCC)c1ccc(/C=C/c2ccncc2)cc1.CCCS(=O)(=O)O. The smallest absolute Gasteiger partial charge is 0.264 e.